The summed E-state index contributed by atoms with van der Waals surface area (Å²) in [6.07, 6.45) is 1.19. The summed E-state index contributed by atoms with van der Waals surface area (Å²) in [6.45, 7) is 6.50. The monoisotopic (exact) mass is 474 g/mol. The molecule has 0 unspecified atom stereocenters. The van der Waals surface area contributed by atoms with Crippen molar-refractivity contribution in [2.75, 3.05) is 57.4 Å². The molecule has 3 rings (SSSR count). The fraction of sp³-hybridized carbons (Fsp3) is 0.611. The number of nitrogens with zero attached hydrogens (tertiary/aromatic N) is 2. The number of ether oxygens (including phenoxy) is 1. The van der Waals surface area contributed by atoms with Gasteiger partial charge in [0.25, 0.3) is 0 Å². The Hall–Kier alpha value is -0.470. The van der Waals surface area contributed by atoms with Gasteiger partial charge in [-0.2, -0.15) is 0 Å². The predicted molar refractivity (Wildman–Crippen MR) is 122 cm³/mol. The zero-order valence-electron chi connectivity index (χ0n) is 15.8. The quantitative estimate of drug-likeness (QED) is 0.683. The standard InChI is InChI=1S/C18H27ClN4O2.3ClH/c19-15-2-1-3-16(14-15)23-10-8-22(9-11-23)7-6-21-17(24)18(20)4-12-25-13-5-18;;;/h1-3,14H,4-13,20H2,(H,21,24);3*1H. The number of benzene rings is 1. The number of nitrogens with two attached hydrogens (primary N) is 1. The number of anilines is 1. The van der Waals surface area contributed by atoms with Gasteiger partial charge in [-0.25, -0.2) is 0 Å². The number of amides is 1. The summed E-state index contributed by atoms with van der Waals surface area (Å²) in [7, 11) is 0. The van der Waals surface area contributed by atoms with Crippen LogP contribution in [-0.2, 0) is 9.53 Å². The first-order chi connectivity index (χ1) is 12.1. The predicted octanol–water partition coefficient (Wildman–Crippen LogP) is 2.35. The molecule has 0 radical (unpaired) electrons. The number of piperazine rings is 1. The topological polar surface area (TPSA) is 70.8 Å². The van der Waals surface area contributed by atoms with E-state index in [0.29, 0.717) is 32.6 Å². The summed E-state index contributed by atoms with van der Waals surface area (Å²) in [5.74, 6) is -0.0478. The molecule has 2 fully saturated rings. The van der Waals surface area contributed by atoms with Gasteiger partial charge in [0.05, 0.1) is 5.54 Å². The van der Waals surface area contributed by atoms with Gasteiger partial charge in [-0.3, -0.25) is 9.69 Å². The van der Waals surface area contributed by atoms with E-state index in [-0.39, 0.29) is 43.1 Å². The van der Waals surface area contributed by atoms with E-state index >= 15 is 0 Å². The Morgan fingerprint density at radius 3 is 2.39 bits per heavy atom. The lowest BCUT2D eigenvalue weighted by molar-refractivity contribution is -0.129. The molecule has 0 bridgehead atoms. The fourth-order valence-electron chi connectivity index (χ4n) is 3.37. The number of hydrogen-bond acceptors (Lipinski definition) is 5. The highest BCUT2D eigenvalue weighted by molar-refractivity contribution is 6.30. The third kappa shape index (κ3) is 7.41. The van der Waals surface area contributed by atoms with Crippen LogP contribution in [0.2, 0.25) is 5.02 Å². The van der Waals surface area contributed by atoms with Crippen molar-refractivity contribution in [3.8, 4) is 0 Å². The Kier molecular flexibility index (Phi) is 12.7. The molecule has 6 nitrogen and oxygen atoms in total. The average molecular weight is 476 g/mol. The molecule has 0 aliphatic carbocycles. The van der Waals surface area contributed by atoms with Gasteiger partial charge in [0, 0.05) is 63.2 Å². The van der Waals surface area contributed by atoms with E-state index in [0.717, 1.165) is 37.7 Å². The van der Waals surface area contributed by atoms with Gasteiger partial charge in [0.1, 0.15) is 0 Å². The van der Waals surface area contributed by atoms with E-state index in [4.69, 9.17) is 22.1 Å². The van der Waals surface area contributed by atoms with Crippen molar-refractivity contribution in [3.05, 3.63) is 29.3 Å². The van der Waals surface area contributed by atoms with E-state index in [1.807, 2.05) is 18.2 Å². The van der Waals surface area contributed by atoms with Crippen molar-refractivity contribution >= 4 is 60.4 Å². The third-order valence-corrected chi connectivity index (χ3v) is 5.33. The van der Waals surface area contributed by atoms with Gasteiger partial charge in [-0.05, 0) is 31.0 Å². The largest absolute Gasteiger partial charge is 0.381 e. The molecule has 0 atom stereocenters. The van der Waals surface area contributed by atoms with Crippen LogP contribution in [0, 0.1) is 0 Å². The van der Waals surface area contributed by atoms with Crippen LogP contribution in [0.15, 0.2) is 24.3 Å². The van der Waals surface area contributed by atoms with Crippen LogP contribution in [0.5, 0.6) is 0 Å². The molecule has 2 aliphatic heterocycles. The molecule has 162 valence electrons. The molecule has 2 saturated heterocycles. The molecule has 3 N–H and O–H groups in total. The maximum atomic E-state index is 12.3. The minimum atomic E-state index is -0.760. The zero-order chi connectivity index (χ0) is 17.7. The molecule has 1 aromatic rings. The van der Waals surface area contributed by atoms with Crippen molar-refractivity contribution < 1.29 is 9.53 Å². The van der Waals surface area contributed by atoms with Gasteiger partial charge in [-0.1, -0.05) is 17.7 Å². The van der Waals surface area contributed by atoms with Gasteiger partial charge < -0.3 is 20.7 Å². The summed E-state index contributed by atoms with van der Waals surface area (Å²) in [5, 5.41) is 3.77. The minimum absolute atomic E-state index is 0. The number of halogens is 4. The second kappa shape index (κ2) is 13.0. The van der Waals surface area contributed by atoms with E-state index < -0.39 is 5.54 Å². The summed E-state index contributed by atoms with van der Waals surface area (Å²) >= 11 is 6.07. The van der Waals surface area contributed by atoms with E-state index in [1.165, 1.54) is 5.69 Å². The van der Waals surface area contributed by atoms with Crippen LogP contribution in [0.4, 0.5) is 5.69 Å². The van der Waals surface area contributed by atoms with Crippen molar-refractivity contribution in [1.82, 2.24) is 10.2 Å². The fourth-order valence-corrected chi connectivity index (χ4v) is 3.55. The molecule has 2 heterocycles. The summed E-state index contributed by atoms with van der Waals surface area (Å²) < 4.78 is 5.29. The summed E-state index contributed by atoms with van der Waals surface area (Å²) in [4.78, 5) is 17.0. The number of nitrogens with one attached hydrogen (secondary N) is 1. The molecule has 1 aromatic carbocycles. The lowest BCUT2D eigenvalue weighted by Crippen LogP contribution is -2.58. The van der Waals surface area contributed by atoms with Gasteiger partial charge in [0.2, 0.25) is 5.91 Å². The highest BCUT2D eigenvalue weighted by Crippen LogP contribution is 2.21. The van der Waals surface area contributed by atoms with Crippen LogP contribution < -0.4 is 16.0 Å². The van der Waals surface area contributed by atoms with Crippen LogP contribution in [0.3, 0.4) is 0 Å². The molecular weight excluding hydrogens is 446 g/mol. The number of carbonyl (C=O) groups is 1. The van der Waals surface area contributed by atoms with E-state index in [9.17, 15) is 4.79 Å². The third-order valence-electron chi connectivity index (χ3n) is 5.10. The molecule has 28 heavy (non-hydrogen) atoms. The first-order valence-electron chi connectivity index (χ1n) is 8.95. The first kappa shape index (κ1) is 27.5. The molecule has 0 aromatic heterocycles. The van der Waals surface area contributed by atoms with Crippen LogP contribution in [0.25, 0.3) is 0 Å². The van der Waals surface area contributed by atoms with Crippen molar-refractivity contribution in [2.45, 2.75) is 18.4 Å². The lowest BCUT2D eigenvalue weighted by Gasteiger charge is -2.36. The Morgan fingerprint density at radius 2 is 1.79 bits per heavy atom. The Morgan fingerprint density at radius 1 is 1.14 bits per heavy atom. The number of rotatable bonds is 5. The summed E-state index contributed by atoms with van der Waals surface area (Å²) in [6, 6.07) is 7.98. The Bertz CT molecular complexity index is 595. The lowest BCUT2D eigenvalue weighted by atomic mass is 9.90. The van der Waals surface area contributed by atoms with Gasteiger partial charge >= 0.3 is 0 Å². The molecular formula is C18H30Cl4N4O2. The molecule has 10 heteroatoms. The molecule has 0 spiro atoms. The van der Waals surface area contributed by atoms with Crippen LogP contribution in [-0.4, -0.2) is 68.8 Å². The smallest absolute Gasteiger partial charge is 0.240 e. The van der Waals surface area contributed by atoms with Crippen LogP contribution in [0.1, 0.15) is 12.8 Å². The number of hydrogen-bond donors (Lipinski definition) is 2. The second-order valence-electron chi connectivity index (χ2n) is 6.83. The minimum Gasteiger partial charge on any atom is -0.381 e. The van der Waals surface area contributed by atoms with Crippen LogP contribution >= 0.6 is 48.8 Å². The van der Waals surface area contributed by atoms with E-state index in [2.05, 4.69) is 21.2 Å². The zero-order valence-corrected chi connectivity index (χ0v) is 19.0. The Labute approximate surface area is 190 Å². The highest BCUT2D eigenvalue weighted by Gasteiger charge is 2.35. The average Bonchev–Trinajstić information content (AvgIpc) is 2.63. The normalized spacial score (nSPS) is 18.9. The highest BCUT2D eigenvalue weighted by atomic mass is 35.5. The van der Waals surface area contributed by atoms with Crippen molar-refractivity contribution in [3.63, 3.8) is 0 Å². The summed E-state index contributed by atoms with van der Waals surface area (Å²) in [5.41, 5.74) is 6.60. The SMILES string of the molecule is Cl.Cl.Cl.NC1(C(=O)NCCN2CCN(c3cccc(Cl)c3)CC2)CCOCC1. The molecule has 2 aliphatic rings. The van der Waals surface area contributed by atoms with E-state index in [1.54, 1.807) is 0 Å². The molecule has 0 saturated carbocycles. The maximum Gasteiger partial charge on any atom is 0.240 e. The van der Waals surface area contributed by atoms with Crippen molar-refractivity contribution in [2.24, 2.45) is 5.73 Å². The maximum absolute atomic E-state index is 12.3. The number of carbonyl (C=O) groups excluding carboxylic acids is 1. The van der Waals surface area contributed by atoms with Gasteiger partial charge in [0.15, 0.2) is 0 Å². The first-order valence-corrected chi connectivity index (χ1v) is 9.32. The van der Waals surface area contributed by atoms with Crippen molar-refractivity contribution in [1.29, 1.82) is 0 Å². The second-order valence-corrected chi connectivity index (χ2v) is 7.27. The van der Waals surface area contributed by atoms with Gasteiger partial charge in [-0.15, -0.1) is 37.2 Å². The Balaban J connectivity index is 0.00000243. The molecule has 1 amide bonds.